The highest BCUT2D eigenvalue weighted by molar-refractivity contribution is 6.32. The molecule has 0 aliphatic heterocycles. The van der Waals surface area contributed by atoms with E-state index in [2.05, 4.69) is 5.32 Å². The maximum Gasteiger partial charge on any atom is 0.256 e. The van der Waals surface area contributed by atoms with Crippen molar-refractivity contribution < 1.29 is 13.9 Å². The van der Waals surface area contributed by atoms with Crippen molar-refractivity contribution in [3.05, 3.63) is 94.8 Å². The van der Waals surface area contributed by atoms with Crippen LogP contribution >= 0.6 is 11.6 Å². The Labute approximate surface area is 162 Å². The fraction of sp³-hybridized carbons (Fsp3) is 0.0455. The lowest BCUT2D eigenvalue weighted by molar-refractivity contribution is -0.111. The first-order chi connectivity index (χ1) is 13.1. The molecule has 0 aromatic heterocycles. The number of methoxy groups -OCH3 is 1. The van der Waals surface area contributed by atoms with Gasteiger partial charge in [0.2, 0.25) is 0 Å². The van der Waals surface area contributed by atoms with Gasteiger partial charge in [0, 0.05) is 11.3 Å². The molecule has 0 atom stereocenters. The molecule has 3 nitrogen and oxygen atoms in total. The zero-order valence-electron chi connectivity index (χ0n) is 14.6. The van der Waals surface area contributed by atoms with Crippen molar-refractivity contribution in [1.29, 1.82) is 0 Å². The van der Waals surface area contributed by atoms with Crippen LogP contribution in [0.2, 0.25) is 5.02 Å². The molecule has 1 N–H and O–H groups in total. The number of nitrogens with one attached hydrogen (secondary N) is 1. The summed E-state index contributed by atoms with van der Waals surface area (Å²) in [5.41, 5.74) is 2.50. The van der Waals surface area contributed by atoms with Gasteiger partial charge in [0.15, 0.2) is 0 Å². The molecule has 3 aromatic carbocycles. The molecule has 0 radical (unpaired) electrons. The number of carbonyl (C=O) groups excluding carboxylic acids is 1. The maximum absolute atomic E-state index is 13.3. The Bertz CT molecular complexity index is 969. The SMILES string of the molecule is COc1ccc(/C=C(\C(=O)Nc2ccc(F)c(Cl)c2)c2ccccc2)cc1. The Morgan fingerprint density at radius 1 is 1.04 bits per heavy atom. The first-order valence-electron chi connectivity index (χ1n) is 8.24. The van der Waals surface area contributed by atoms with Gasteiger partial charge in [-0.25, -0.2) is 4.39 Å². The minimum atomic E-state index is -0.535. The predicted molar refractivity (Wildman–Crippen MR) is 107 cm³/mol. The summed E-state index contributed by atoms with van der Waals surface area (Å²) in [4.78, 5) is 12.9. The first kappa shape index (κ1) is 18.7. The predicted octanol–water partition coefficient (Wildman–Crippen LogP) is 5.67. The largest absolute Gasteiger partial charge is 0.497 e. The molecule has 0 saturated heterocycles. The molecule has 1 amide bonds. The second-order valence-electron chi connectivity index (χ2n) is 5.78. The second kappa shape index (κ2) is 8.52. The van der Waals surface area contributed by atoms with Gasteiger partial charge in [0.1, 0.15) is 11.6 Å². The van der Waals surface area contributed by atoms with Gasteiger partial charge in [0.25, 0.3) is 5.91 Å². The van der Waals surface area contributed by atoms with Crippen molar-refractivity contribution in [2.45, 2.75) is 0 Å². The lowest BCUT2D eigenvalue weighted by atomic mass is 10.0. The number of amides is 1. The third-order valence-corrected chi connectivity index (χ3v) is 4.22. The number of hydrogen-bond donors (Lipinski definition) is 1. The van der Waals surface area contributed by atoms with Gasteiger partial charge >= 0.3 is 0 Å². The molecule has 0 fully saturated rings. The van der Waals surface area contributed by atoms with Crippen molar-refractivity contribution in [2.24, 2.45) is 0 Å². The molecular formula is C22H17ClFNO2. The summed E-state index contributed by atoms with van der Waals surface area (Å²) in [7, 11) is 1.60. The van der Waals surface area contributed by atoms with E-state index in [9.17, 15) is 9.18 Å². The summed E-state index contributed by atoms with van der Waals surface area (Å²) in [6.07, 6.45) is 1.79. The van der Waals surface area contributed by atoms with Crippen LogP contribution in [0.25, 0.3) is 11.6 Å². The van der Waals surface area contributed by atoms with Gasteiger partial charge in [-0.3, -0.25) is 4.79 Å². The molecule has 0 aliphatic carbocycles. The summed E-state index contributed by atoms with van der Waals surface area (Å²) in [5, 5.41) is 2.72. The van der Waals surface area contributed by atoms with E-state index in [-0.39, 0.29) is 10.9 Å². The molecule has 27 heavy (non-hydrogen) atoms. The second-order valence-corrected chi connectivity index (χ2v) is 6.19. The lowest BCUT2D eigenvalue weighted by Crippen LogP contribution is -2.13. The summed E-state index contributed by atoms with van der Waals surface area (Å²) in [6.45, 7) is 0. The van der Waals surface area contributed by atoms with E-state index in [0.717, 1.165) is 16.9 Å². The number of hydrogen-bond acceptors (Lipinski definition) is 2. The Kier molecular flexibility index (Phi) is 5.89. The zero-order valence-corrected chi connectivity index (χ0v) is 15.3. The summed E-state index contributed by atoms with van der Waals surface area (Å²) in [5.74, 6) is -0.120. The average Bonchev–Trinajstić information content (AvgIpc) is 2.70. The zero-order chi connectivity index (χ0) is 19.2. The van der Waals surface area contributed by atoms with Crippen LogP contribution in [0.4, 0.5) is 10.1 Å². The Hall–Kier alpha value is -3.11. The van der Waals surface area contributed by atoms with Crippen LogP contribution in [0.3, 0.4) is 0 Å². The van der Waals surface area contributed by atoms with Gasteiger partial charge in [0.05, 0.1) is 12.1 Å². The van der Waals surface area contributed by atoms with E-state index in [1.54, 1.807) is 13.2 Å². The molecule has 0 heterocycles. The van der Waals surface area contributed by atoms with E-state index in [1.807, 2.05) is 54.6 Å². The molecule has 5 heteroatoms. The van der Waals surface area contributed by atoms with Gasteiger partial charge in [-0.2, -0.15) is 0 Å². The number of ether oxygens (including phenoxy) is 1. The fourth-order valence-corrected chi connectivity index (χ4v) is 2.72. The molecule has 0 saturated carbocycles. The van der Waals surface area contributed by atoms with Crippen molar-refractivity contribution in [1.82, 2.24) is 0 Å². The van der Waals surface area contributed by atoms with Crippen LogP contribution in [-0.2, 0) is 4.79 Å². The van der Waals surface area contributed by atoms with Gasteiger partial charge in [-0.15, -0.1) is 0 Å². The third kappa shape index (κ3) is 4.74. The third-order valence-electron chi connectivity index (χ3n) is 3.93. The van der Waals surface area contributed by atoms with E-state index in [0.29, 0.717) is 11.3 Å². The highest BCUT2D eigenvalue weighted by Gasteiger charge is 2.13. The van der Waals surface area contributed by atoms with Gasteiger partial charge in [-0.05, 0) is 47.5 Å². The van der Waals surface area contributed by atoms with Gasteiger partial charge in [-0.1, -0.05) is 54.1 Å². The Morgan fingerprint density at radius 3 is 2.37 bits per heavy atom. The topological polar surface area (TPSA) is 38.3 Å². The van der Waals surface area contributed by atoms with E-state index >= 15 is 0 Å². The standard InChI is InChI=1S/C22H17ClFNO2/c1-27-18-10-7-15(8-11-18)13-19(16-5-3-2-4-6-16)22(26)25-17-9-12-21(24)20(23)14-17/h2-14H,1H3,(H,25,26)/b19-13-. The Balaban J connectivity index is 1.94. The molecule has 0 bridgehead atoms. The molecule has 0 spiro atoms. The van der Waals surface area contributed by atoms with Crippen LogP contribution in [0.5, 0.6) is 5.75 Å². The number of anilines is 1. The summed E-state index contributed by atoms with van der Waals surface area (Å²) >= 11 is 5.80. The van der Waals surface area contributed by atoms with E-state index < -0.39 is 5.82 Å². The van der Waals surface area contributed by atoms with Crippen molar-refractivity contribution in [3.8, 4) is 5.75 Å². The van der Waals surface area contributed by atoms with Crippen LogP contribution < -0.4 is 10.1 Å². The highest BCUT2D eigenvalue weighted by atomic mass is 35.5. The first-order valence-corrected chi connectivity index (χ1v) is 8.62. The van der Waals surface area contributed by atoms with E-state index in [1.165, 1.54) is 18.2 Å². The number of carbonyl (C=O) groups is 1. The van der Waals surface area contributed by atoms with Crippen molar-refractivity contribution in [3.63, 3.8) is 0 Å². The normalized spacial score (nSPS) is 11.1. The molecule has 136 valence electrons. The van der Waals surface area contributed by atoms with Crippen molar-refractivity contribution >= 4 is 34.8 Å². The molecule has 3 rings (SSSR count). The van der Waals surface area contributed by atoms with Crippen LogP contribution in [0.15, 0.2) is 72.8 Å². The molecule has 0 unspecified atom stereocenters. The number of halogens is 2. The highest BCUT2D eigenvalue weighted by Crippen LogP contribution is 2.24. The number of benzene rings is 3. The van der Waals surface area contributed by atoms with Crippen LogP contribution in [0, 0.1) is 5.82 Å². The molecule has 0 aliphatic rings. The van der Waals surface area contributed by atoms with Crippen LogP contribution in [0.1, 0.15) is 11.1 Å². The summed E-state index contributed by atoms with van der Waals surface area (Å²) < 4.78 is 18.5. The average molecular weight is 382 g/mol. The number of rotatable bonds is 5. The van der Waals surface area contributed by atoms with Crippen LogP contribution in [-0.4, -0.2) is 13.0 Å². The minimum absolute atomic E-state index is 0.0480. The summed E-state index contributed by atoms with van der Waals surface area (Å²) in [6, 6.07) is 20.8. The minimum Gasteiger partial charge on any atom is -0.497 e. The van der Waals surface area contributed by atoms with E-state index in [4.69, 9.17) is 16.3 Å². The lowest BCUT2D eigenvalue weighted by Gasteiger charge is -2.10. The van der Waals surface area contributed by atoms with Gasteiger partial charge < -0.3 is 10.1 Å². The van der Waals surface area contributed by atoms with Crippen molar-refractivity contribution in [2.75, 3.05) is 12.4 Å². The fourth-order valence-electron chi connectivity index (χ4n) is 2.54. The molecule has 3 aromatic rings. The smallest absolute Gasteiger partial charge is 0.256 e. The maximum atomic E-state index is 13.3. The molecular weight excluding hydrogens is 365 g/mol. The monoisotopic (exact) mass is 381 g/mol. The quantitative estimate of drug-likeness (QED) is 0.457. The Morgan fingerprint density at radius 2 is 1.74 bits per heavy atom.